The molecule has 25 heavy (non-hydrogen) atoms. The summed E-state index contributed by atoms with van der Waals surface area (Å²) in [6.45, 7) is 2.48. The van der Waals surface area contributed by atoms with E-state index in [1.807, 2.05) is 13.0 Å². The molecule has 0 spiro atoms. The molecular weight excluding hydrogens is 520 g/mol. The van der Waals surface area contributed by atoms with Crippen molar-refractivity contribution in [2.75, 3.05) is 12.8 Å². The largest absolute Gasteiger partial charge is 0.354 e. The van der Waals surface area contributed by atoms with Gasteiger partial charge in [0.1, 0.15) is 5.82 Å². The van der Waals surface area contributed by atoms with E-state index >= 15 is 0 Å². The Morgan fingerprint density at radius 3 is 2.84 bits per heavy atom. The SMILES string of the molecule is CCS(=O)C1CCCC(NC(=NC)NCc2ccc(Br)c(F)c2)C1.I. The third-order valence-electron chi connectivity index (χ3n) is 4.29. The summed E-state index contributed by atoms with van der Waals surface area (Å²) in [6.07, 6.45) is 4.10. The van der Waals surface area contributed by atoms with Crippen molar-refractivity contribution in [1.82, 2.24) is 10.6 Å². The summed E-state index contributed by atoms with van der Waals surface area (Å²) in [7, 11) is 0.989. The first-order valence-corrected chi connectivity index (χ1v) is 10.5. The molecule has 142 valence electrons. The third-order valence-corrected chi connectivity index (χ3v) is 6.67. The summed E-state index contributed by atoms with van der Waals surface area (Å²) in [6, 6.07) is 5.36. The van der Waals surface area contributed by atoms with Gasteiger partial charge in [-0.05, 0) is 52.9 Å². The summed E-state index contributed by atoms with van der Waals surface area (Å²) in [5.41, 5.74) is 0.854. The molecule has 0 radical (unpaired) electrons. The van der Waals surface area contributed by atoms with E-state index in [1.54, 1.807) is 13.1 Å². The van der Waals surface area contributed by atoms with Crippen LogP contribution in [0.3, 0.4) is 0 Å². The van der Waals surface area contributed by atoms with Gasteiger partial charge in [-0.2, -0.15) is 0 Å². The monoisotopic (exact) mass is 545 g/mol. The quantitative estimate of drug-likeness (QED) is 0.334. The van der Waals surface area contributed by atoms with Crippen LogP contribution >= 0.6 is 39.9 Å². The highest BCUT2D eigenvalue weighted by Crippen LogP contribution is 2.23. The number of halogens is 3. The van der Waals surface area contributed by atoms with Gasteiger partial charge in [0.2, 0.25) is 0 Å². The van der Waals surface area contributed by atoms with E-state index < -0.39 is 10.8 Å². The molecule has 0 aliphatic heterocycles. The standard InChI is InChI=1S/C17H25BrFN3OS.HI/c1-3-24(23)14-6-4-5-13(10-14)22-17(20-2)21-11-12-7-8-15(18)16(19)9-12;/h7-9,13-14H,3-6,10-11H2,1-2H3,(H2,20,21,22);1H. The van der Waals surface area contributed by atoms with Crippen LogP contribution in [-0.2, 0) is 17.3 Å². The zero-order valence-corrected chi connectivity index (χ0v) is 19.3. The minimum absolute atomic E-state index is 0. The second-order valence-corrected chi connectivity index (χ2v) is 8.83. The van der Waals surface area contributed by atoms with Crippen LogP contribution in [0.5, 0.6) is 0 Å². The Morgan fingerprint density at radius 1 is 1.44 bits per heavy atom. The van der Waals surface area contributed by atoms with Gasteiger partial charge >= 0.3 is 0 Å². The molecule has 1 aliphatic carbocycles. The summed E-state index contributed by atoms with van der Waals surface area (Å²) < 4.78 is 26.1. The summed E-state index contributed by atoms with van der Waals surface area (Å²) in [5.74, 6) is 1.15. The maximum absolute atomic E-state index is 13.6. The van der Waals surface area contributed by atoms with Gasteiger partial charge < -0.3 is 10.6 Å². The Labute approximate surface area is 177 Å². The van der Waals surface area contributed by atoms with Crippen LogP contribution in [0.25, 0.3) is 0 Å². The molecule has 3 atom stereocenters. The van der Waals surface area contributed by atoms with Gasteiger partial charge in [0.25, 0.3) is 0 Å². The van der Waals surface area contributed by atoms with E-state index in [-0.39, 0.29) is 41.1 Å². The Morgan fingerprint density at radius 2 is 2.20 bits per heavy atom. The lowest BCUT2D eigenvalue weighted by atomic mass is 9.95. The van der Waals surface area contributed by atoms with E-state index in [4.69, 9.17) is 0 Å². The van der Waals surface area contributed by atoms with Crippen molar-refractivity contribution in [3.05, 3.63) is 34.1 Å². The fourth-order valence-electron chi connectivity index (χ4n) is 2.97. The van der Waals surface area contributed by atoms with E-state index in [9.17, 15) is 8.60 Å². The Balaban J connectivity index is 0.00000312. The molecule has 2 N–H and O–H groups in total. The van der Waals surface area contributed by atoms with Gasteiger partial charge in [0, 0.05) is 41.4 Å². The van der Waals surface area contributed by atoms with E-state index in [1.165, 1.54) is 6.07 Å². The molecule has 1 aliphatic rings. The van der Waals surface area contributed by atoms with Gasteiger partial charge in [-0.3, -0.25) is 9.20 Å². The van der Waals surface area contributed by atoms with Crippen LogP contribution in [0.2, 0.25) is 0 Å². The van der Waals surface area contributed by atoms with Crippen LogP contribution < -0.4 is 10.6 Å². The molecule has 0 amide bonds. The second-order valence-electron chi connectivity index (χ2n) is 5.97. The lowest BCUT2D eigenvalue weighted by molar-refractivity contribution is 0.413. The van der Waals surface area contributed by atoms with Crippen molar-refractivity contribution in [2.24, 2.45) is 4.99 Å². The highest BCUT2D eigenvalue weighted by atomic mass is 127. The predicted octanol–water partition coefficient (Wildman–Crippen LogP) is 3.95. The molecule has 1 fully saturated rings. The van der Waals surface area contributed by atoms with Crippen LogP contribution in [0, 0.1) is 5.82 Å². The molecule has 3 unspecified atom stereocenters. The maximum atomic E-state index is 13.6. The fourth-order valence-corrected chi connectivity index (χ4v) is 4.57. The minimum atomic E-state index is -0.736. The highest BCUT2D eigenvalue weighted by molar-refractivity contribution is 14.0. The minimum Gasteiger partial charge on any atom is -0.354 e. The topological polar surface area (TPSA) is 53.5 Å². The summed E-state index contributed by atoms with van der Waals surface area (Å²) in [5, 5.41) is 6.91. The molecule has 0 bridgehead atoms. The lowest BCUT2D eigenvalue weighted by Crippen LogP contribution is -2.46. The van der Waals surface area contributed by atoms with Crippen LogP contribution in [-0.4, -0.2) is 34.3 Å². The fraction of sp³-hybridized carbons (Fsp3) is 0.588. The summed E-state index contributed by atoms with van der Waals surface area (Å²) >= 11 is 3.16. The molecule has 1 saturated carbocycles. The van der Waals surface area contributed by atoms with Crippen molar-refractivity contribution in [1.29, 1.82) is 0 Å². The Bertz CT molecular complexity index is 618. The van der Waals surface area contributed by atoms with Crippen LogP contribution in [0.4, 0.5) is 4.39 Å². The van der Waals surface area contributed by atoms with Crippen molar-refractivity contribution in [3.8, 4) is 0 Å². The zero-order valence-electron chi connectivity index (χ0n) is 14.6. The van der Waals surface area contributed by atoms with Gasteiger partial charge in [0.15, 0.2) is 5.96 Å². The average molecular weight is 546 g/mol. The molecule has 0 aromatic heterocycles. The van der Waals surface area contributed by atoms with Crippen molar-refractivity contribution >= 4 is 56.7 Å². The number of hydrogen-bond acceptors (Lipinski definition) is 2. The maximum Gasteiger partial charge on any atom is 0.191 e. The van der Waals surface area contributed by atoms with Crippen molar-refractivity contribution < 1.29 is 8.60 Å². The summed E-state index contributed by atoms with van der Waals surface area (Å²) in [4.78, 5) is 4.24. The van der Waals surface area contributed by atoms with E-state index in [0.29, 0.717) is 17.0 Å². The van der Waals surface area contributed by atoms with E-state index in [0.717, 1.165) is 37.0 Å². The first kappa shape index (κ1) is 22.8. The predicted molar refractivity (Wildman–Crippen MR) is 118 cm³/mol. The number of hydrogen-bond donors (Lipinski definition) is 2. The second kappa shape index (κ2) is 11.5. The van der Waals surface area contributed by atoms with Gasteiger partial charge in [-0.15, -0.1) is 24.0 Å². The number of nitrogens with one attached hydrogen (secondary N) is 2. The number of nitrogens with zero attached hydrogens (tertiary/aromatic N) is 1. The van der Waals surface area contributed by atoms with Gasteiger partial charge in [-0.1, -0.05) is 19.4 Å². The number of benzene rings is 1. The number of rotatable bonds is 5. The molecule has 8 heteroatoms. The molecule has 0 saturated heterocycles. The molecule has 1 aromatic rings. The van der Waals surface area contributed by atoms with Gasteiger partial charge in [-0.25, -0.2) is 4.39 Å². The number of aliphatic imine (C=N–C) groups is 1. The molecule has 0 heterocycles. The van der Waals surface area contributed by atoms with Crippen LogP contribution in [0.1, 0.15) is 38.2 Å². The van der Waals surface area contributed by atoms with E-state index in [2.05, 4.69) is 31.6 Å². The van der Waals surface area contributed by atoms with Crippen LogP contribution in [0.15, 0.2) is 27.7 Å². The Kier molecular flexibility index (Phi) is 10.5. The lowest BCUT2D eigenvalue weighted by Gasteiger charge is -2.30. The average Bonchev–Trinajstić information content (AvgIpc) is 2.61. The third kappa shape index (κ3) is 7.13. The molecule has 1 aromatic carbocycles. The number of guanidine groups is 1. The Hall–Kier alpha value is -0.220. The molecule has 2 rings (SSSR count). The van der Waals surface area contributed by atoms with Crippen molar-refractivity contribution in [3.63, 3.8) is 0 Å². The van der Waals surface area contributed by atoms with Gasteiger partial charge in [0.05, 0.1) is 4.47 Å². The highest BCUT2D eigenvalue weighted by Gasteiger charge is 2.25. The smallest absolute Gasteiger partial charge is 0.191 e. The first-order chi connectivity index (χ1) is 11.5. The normalized spacial score (nSPS) is 22.0. The zero-order chi connectivity index (χ0) is 17.5. The van der Waals surface area contributed by atoms with Crippen molar-refractivity contribution in [2.45, 2.75) is 50.4 Å². The molecular formula is C17H26BrFIN3OS. The first-order valence-electron chi connectivity index (χ1n) is 8.31. The molecule has 4 nitrogen and oxygen atoms in total.